The van der Waals surface area contributed by atoms with Gasteiger partial charge in [0.25, 0.3) is 0 Å². The Labute approximate surface area is 894 Å². The summed E-state index contributed by atoms with van der Waals surface area (Å²) in [7, 11) is 26.8. The molecule has 0 aromatic rings. The molecule has 148 heavy (non-hydrogen) atoms. The summed E-state index contributed by atoms with van der Waals surface area (Å²) in [5.41, 5.74) is 4.79. The smallest absolute Gasteiger partial charge is 0.249 e. The number of likely N-dealkylation sites (N-methyl/N-ethyl adjacent to an activating group) is 9. The van der Waals surface area contributed by atoms with Gasteiger partial charge in [0.2, 0.25) is 88.6 Å². The SMILES string of the molecule is C=C(C)C(=O)N(C)C.C=C(C)C(=O)N(CC)CC.C=C(C)C(=O)N1CCCC1.C=C(C)C(=O)N1CCN(C)CC1.C=C(C)C(=O)N1CCOCC1.C=C(C)C(=O)NCCC.C=C(C)C(=O)NCCCN(C)C.C=C(C)C(=O)NCCN(C)C.C=CC(=O)N(C)C.C=CC(=O)N(CC)CC.C=CC(=O)N1CCN(C)CC1.C=CC(=O)N1CCOCC1.C=CC(=O)NCC.C=CC(=O)NCCCN(C)C.C=CC(=O)NCCN(C)C. The van der Waals surface area contributed by atoms with Gasteiger partial charge in [-0.1, -0.05) is 106 Å². The van der Waals surface area contributed by atoms with Crippen LogP contribution in [-0.4, -0.2) is 470 Å². The molecule has 0 unspecified atom stereocenters. The summed E-state index contributed by atoms with van der Waals surface area (Å²) in [5, 5.41) is 16.1. The minimum Gasteiger partial charge on any atom is -0.378 e. The van der Waals surface area contributed by atoms with Crippen molar-refractivity contribution in [1.29, 1.82) is 0 Å². The molecule has 0 saturated carbocycles. The Kier molecular flexibility index (Phi) is 108. The molecule has 5 rings (SSSR count). The zero-order valence-electron chi connectivity index (χ0n) is 97.0. The molecule has 38 nitrogen and oxygen atoms in total. The highest BCUT2D eigenvalue weighted by molar-refractivity contribution is 5.96. The Morgan fingerprint density at radius 1 is 0.284 bits per heavy atom. The molecule has 5 fully saturated rings. The highest BCUT2D eigenvalue weighted by atomic mass is 16.5. The number of piperazine rings is 2. The molecule has 0 spiro atoms. The van der Waals surface area contributed by atoms with Crippen molar-refractivity contribution < 1.29 is 81.4 Å². The first-order chi connectivity index (χ1) is 69.1. The fourth-order valence-corrected chi connectivity index (χ4v) is 10.7. The van der Waals surface area contributed by atoms with E-state index in [1.165, 1.54) is 52.3 Å². The van der Waals surface area contributed by atoms with E-state index >= 15 is 0 Å². The van der Waals surface area contributed by atoms with Crippen LogP contribution in [0.15, 0.2) is 186 Å². The van der Waals surface area contributed by atoms with E-state index in [0.717, 1.165) is 170 Å². The summed E-state index contributed by atoms with van der Waals surface area (Å²) in [5.74, 6) is -0.129. The summed E-state index contributed by atoms with van der Waals surface area (Å²) in [6.07, 6.45) is 14.4. The molecule has 5 aliphatic heterocycles. The maximum Gasteiger partial charge on any atom is 0.249 e. The number of hydrogen-bond acceptors (Lipinski definition) is 23. The Balaban J connectivity index is -0.000000173. The van der Waals surface area contributed by atoms with Gasteiger partial charge in [-0.15, -0.1) is 0 Å². The van der Waals surface area contributed by atoms with E-state index in [1.54, 1.807) is 103 Å². The number of likely N-dealkylation sites (tertiary alicyclic amines) is 1. The van der Waals surface area contributed by atoms with Crippen LogP contribution in [0.1, 0.15) is 129 Å². The van der Waals surface area contributed by atoms with Crippen LogP contribution in [-0.2, 0) is 81.4 Å². The normalized spacial score (nSPS) is 12.6. The van der Waals surface area contributed by atoms with Crippen molar-refractivity contribution in [1.82, 2.24) is 105 Å². The number of ether oxygens (including phenoxy) is 2. The molecule has 15 amide bonds. The standard InChI is InChI=1S/C9H16N2O.C9H18N2O.C8H14N2O.2C8H16N2O.C8H13NO2.C8H13NO.C8H15NO.C7H14N2O.C7H11NO2.2C7H13NO.C6H11NO.2C5H9NO/c1-8(2)9(12)11-6-4-10(3)5-7-11;1-8(2)9(12)10-6-5-7-11(3)4;1-3-8(11)10-6-4-9(2)5-7-10;1-7(2)8(11)9-5-6-10(3)4;1-4-8(11)9-6-5-7-10(2)3;1-7(2)8(10)9-3-5-11-6-4-9;1-7(2)8(10)9-5-3-4-6-9;1-5-9(6-2)8(10)7(3)4;1-4-7(10)8-5-6-9(2)3;1-2-7(9)8-3-5-10-6-4-8;1-4-5-8-7(9)6(2)3;1-4-7(9)8(5-2)6-3;1-5(2)6(8)7(3)4;1-4-5(7)6(2)3;1-3-5(7)6-4-2/h1,4-7H2,2-3H3;1,5-7H2,2-4H3,(H,10,12);3H,1,4-7H2,2H3;1,5-6H2,2-4H3,(H,9,11);4H,1,5-7H2,2-3H3,(H,9,11);1,3-6H2,2H3;1,3-6H2,2H3;3,5-6H2,1-2,4H3;4H,1,5-6H2,2-3H3,(H,8,10);2H,1,3-6H2;2,4-5H2,1,3H3,(H,8,9);4H,1,5-6H2,2-3H3;1H2,2-4H3;4H,1H2,2-3H3;3H,1,4H2,2H3,(H,6,7). The van der Waals surface area contributed by atoms with Crippen LogP contribution in [0.3, 0.4) is 0 Å². The molecule has 0 aromatic carbocycles. The van der Waals surface area contributed by atoms with Gasteiger partial charge in [0.1, 0.15) is 0 Å². The van der Waals surface area contributed by atoms with Crippen LogP contribution in [0.4, 0.5) is 0 Å². The molecule has 6 N–H and O–H groups in total. The Morgan fingerprint density at radius 2 is 0.561 bits per heavy atom. The maximum atomic E-state index is 11.4. The molecule has 0 bridgehead atoms. The summed E-state index contributed by atoms with van der Waals surface area (Å²) in [6.45, 7) is 103. The Bertz CT molecular complexity index is 3940. The van der Waals surface area contributed by atoms with Crippen molar-refractivity contribution in [3.05, 3.63) is 186 Å². The number of nitrogens with zero attached hydrogens (tertiary/aromatic N) is 15. The number of rotatable bonds is 36. The van der Waals surface area contributed by atoms with Gasteiger partial charge < -0.3 is 115 Å². The molecule has 0 aromatic heterocycles. The summed E-state index contributed by atoms with van der Waals surface area (Å²) in [4.78, 5) is 191. The predicted octanol–water partition coefficient (Wildman–Crippen LogP) is 7.66. The zero-order valence-corrected chi connectivity index (χ0v) is 97.0. The third-order valence-electron chi connectivity index (χ3n) is 19.6. The molecule has 0 atom stereocenters. The summed E-state index contributed by atoms with van der Waals surface area (Å²) >= 11 is 0. The van der Waals surface area contributed by atoms with E-state index < -0.39 is 0 Å². The second-order valence-electron chi connectivity index (χ2n) is 35.3. The lowest BCUT2D eigenvalue weighted by Crippen LogP contribution is -2.47. The first-order valence-corrected chi connectivity index (χ1v) is 50.0. The number of amides is 15. The maximum absolute atomic E-state index is 11.4. The van der Waals surface area contributed by atoms with E-state index in [4.69, 9.17) is 9.47 Å². The fraction of sp³-hybridized carbons (Fsp3) is 0.591. The van der Waals surface area contributed by atoms with Gasteiger partial charge >= 0.3 is 0 Å². The quantitative estimate of drug-likeness (QED) is 0.0259. The Hall–Kier alpha value is -12.2. The zero-order chi connectivity index (χ0) is 117. The van der Waals surface area contributed by atoms with Crippen molar-refractivity contribution >= 4 is 88.6 Å². The van der Waals surface area contributed by atoms with Crippen LogP contribution in [0.5, 0.6) is 0 Å². The van der Waals surface area contributed by atoms with Gasteiger partial charge in [0.15, 0.2) is 0 Å². The topological polar surface area (TPSA) is 395 Å². The second kappa shape index (κ2) is 102. The minimum atomic E-state index is -0.109. The van der Waals surface area contributed by atoms with Crippen molar-refractivity contribution in [2.24, 2.45) is 0 Å². The highest BCUT2D eigenvalue weighted by Gasteiger charge is 2.22. The first kappa shape index (κ1) is 156. The average molecular weight is 2090 g/mol. The molecular formula is C110H201N21O17. The lowest BCUT2D eigenvalue weighted by atomic mass is 10.2. The first-order valence-electron chi connectivity index (χ1n) is 50.0. The predicted molar refractivity (Wildman–Crippen MR) is 609 cm³/mol. The number of nitrogens with one attached hydrogen (secondary N) is 6. The van der Waals surface area contributed by atoms with Gasteiger partial charge in [-0.05, 0) is 248 Å². The summed E-state index contributed by atoms with van der Waals surface area (Å²) < 4.78 is 10.2. The molecule has 848 valence electrons. The van der Waals surface area contributed by atoms with Gasteiger partial charge in [0.05, 0.1) is 26.4 Å². The monoisotopic (exact) mass is 2090 g/mol. The second-order valence-corrected chi connectivity index (χ2v) is 35.3. The third kappa shape index (κ3) is 99.8. The van der Waals surface area contributed by atoms with E-state index in [-0.39, 0.29) is 88.6 Å². The van der Waals surface area contributed by atoms with E-state index in [9.17, 15) is 71.9 Å². The lowest BCUT2D eigenvalue weighted by Gasteiger charge is -2.32. The largest absolute Gasteiger partial charge is 0.378 e. The van der Waals surface area contributed by atoms with E-state index in [0.29, 0.717) is 117 Å². The van der Waals surface area contributed by atoms with Gasteiger partial charge in [-0.2, -0.15) is 0 Å². The van der Waals surface area contributed by atoms with Gasteiger partial charge in [-0.3, -0.25) is 71.9 Å². The molecule has 38 heteroatoms. The van der Waals surface area contributed by atoms with E-state index in [2.05, 4.69) is 164 Å². The minimum absolute atomic E-state index is 0.00306. The molecule has 5 heterocycles. The van der Waals surface area contributed by atoms with E-state index in [1.807, 2.05) is 122 Å². The van der Waals surface area contributed by atoms with Crippen LogP contribution < -0.4 is 31.9 Å². The van der Waals surface area contributed by atoms with Gasteiger partial charge in [0, 0.05) is 243 Å². The van der Waals surface area contributed by atoms with Crippen molar-refractivity contribution in [3.63, 3.8) is 0 Å². The average Bonchev–Trinajstić information content (AvgIpc) is 1.64. The van der Waals surface area contributed by atoms with Crippen molar-refractivity contribution in [3.8, 4) is 0 Å². The molecule has 5 saturated heterocycles. The third-order valence-corrected chi connectivity index (χ3v) is 19.6. The number of hydrogen-bond donors (Lipinski definition) is 6. The fourth-order valence-electron chi connectivity index (χ4n) is 10.7. The van der Waals surface area contributed by atoms with Crippen LogP contribution in [0, 0.1) is 0 Å². The highest BCUT2D eigenvalue weighted by Crippen LogP contribution is 2.11. The molecule has 0 radical (unpaired) electrons. The van der Waals surface area contributed by atoms with Crippen LogP contribution in [0.2, 0.25) is 0 Å². The Morgan fingerprint density at radius 3 is 0.797 bits per heavy atom. The summed E-state index contributed by atoms with van der Waals surface area (Å²) in [6, 6.07) is 0. The molecular weight excluding hydrogens is 1890 g/mol. The number of carbonyl (C=O) groups is 15. The van der Waals surface area contributed by atoms with Crippen LogP contribution >= 0.6 is 0 Å². The van der Waals surface area contributed by atoms with Crippen molar-refractivity contribution in [2.45, 2.75) is 129 Å². The molecule has 0 aliphatic carbocycles. The van der Waals surface area contributed by atoms with Crippen molar-refractivity contribution in [2.75, 3.05) is 308 Å². The van der Waals surface area contributed by atoms with Gasteiger partial charge in [-0.25, -0.2) is 0 Å². The lowest BCUT2D eigenvalue weighted by molar-refractivity contribution is -0.131. The molecule has 5 aliphatic rings. The number of morpholine rings is 2. The van der Waals surface area contributed by atoms with Crippen LogP contribution in [0.25, 0.3) is 0 Å². The number of carbonyl (C=O) groups excluding carboxylic acids is 15.